The van der Waals surface area contributed by atoms with Gasteiger partial charge in [-0.05, 0) is 59.7 Å². The third-order valence-electron chi connectivity index (χ3n) is 5.97. The summed E-state index contributed by atoms with van der Waals surface area (Å²) in [6.45, 7) is 0.360. The highest BCUT2D eigenvalue weighted by Crippen LogP contribution is 2.31. The van der Waals surface area contributed by atoms with E-state index in [9.17, 15) is 9.59 Å². The van der Waals surface area contributed by atoms with Gasteiger partial charge in [-0.2, -0.15) is 0 Å². The molecule has 0 spiro atoms. The molecule has 0 unspecified atom stereocenters. The maximum absolute atomic E-state index is 13.2. The minimum Gasteiger partial charge on any atom is -0.497 e. The van der Waals surface area contributed by atoms with Gasteiger partial charge in [0, 0.05) is 11.1 Å². The van der Waals surface area contributed by atoms with E-state index in [1.165, 1.54) is 21.3 Å². The molecule has 0 aliphatic heterocycles. The second-order valence-corrected chi connectivity index (χ2v) is 8.53. The normalized spacial score (nSPS) is 10.5. The predicted octanol–water partition coefficient (Wildman–Crippen LogP) is 5.15. The van der Waals surface area contributed by atoms with E-state index in [-0.39, 0.29) is 0 Å². The van der Waals surface area contributed by atoms with Crippen LogP contribution in [-0.2, 0) is 6.61 Å². The lowest BCUT2D eigenvalue weighted by Gasteiger charge is -2.22. The summed E-state index contributed by atoms with van der Waals surface area (Å²) < 4.78 is 22.0. The van der Waals surface area contributed by atoms with Gasteiger partial charge in [0.25, 0.3) is 11.8 Å². The molecule has 2 amide bonds. The Morgan fingerprint density at radius 1 is 0.641 bits per heavy atom. The molecule has 2 N–H and O–H groups in total. The number of benzene rings is 4. The second kappa shape index (κ2) is 13.0. The van der Waals surface area contributed by atoms with Crippen LogP contribution in [0.5, 0.6) is 23.0 Å². The van der Waals surface area contributed by atoms with Crippen LogP contribution in [0.3, 0.4) is 0 Å². The van der Waals surface area contributed by atoms with Gasteiger partial charge in [-0.15, -0.1) is 0 Å². The molecular weight excluding hydrogens is 496 g/mol. The van der Waals surface area contributed by atoms with E-state index in [0.29, 0.717) is 46.3 Å². The quantitative estimate of drug-likeness (QED) is 0.263. The van der Waals surface area contributed by atoms with Gasteiger partial charge in [0.05, 0.1) is 21.3 Å². The molecule has 0 heterocycles. The van der Waals surface area contributed by atoms with E-state index in [1.54, 1.807) is 66.7 Å². The zero-order valence-corrected chi connectivity index (χ0v) is 22.0. The Labute approximate surface area is 227 Å². The van der Waals surface area contributed by atoms with Crippen LogP contribution in [0.25, 0.3) is 0 Å². The summed E-state index contributed by atoms with van der Waals surface area (Å²) in [5.41, 5.74) is 2.36. The van der Waals surface area contributed by atoms with Crippen molar-refractivity contribution in [1.82, 2.24) is 10.6 Å². The standard InChI is InChI=1S/C31H30N2O6/c1-36-25-13-7-11-23(17-25)30(34)32-29(33-31(35)24-12-8-14-26(18-24)37-2)22-15-16-27(28(19-22)38-3)39-20-21-9-5-4-6-10-21/h4-19,29H,20H2,1-3H3,(H,32,34)(H,33,35). The van der Waals surface area contributed by atoms with Gasteiger partial charge in [-0.1, -0.05) is 48.5 Å². The molecule has 200 valence electrons. The van der Waals surface area contributed by atoms with Gasteiger partial charge in [0.1, 0.15) is 24.3 Å². The Balaban J connectivity index is 1.61. The number of ether oxygens (including phenoxy) is 4. The fourth-order valence-electron chi connectivity index (χ4n) is 3.88. The number of carbonyl (C=O) groups is 2. The molecule has 0 atom stereocenters. The van der Waals surface area contributed by atoms with Crippen molar-refractivity contribution in [3.63, 3.8) is 0 Å². The summed E-state index contributed by atoms with van der Waals surface area (Å²) in [4.78, 5) is 26.4. The molecule has 0 saturated heterocycles. The van der Waals surface area contributed by atoms with Crippen molar-refractivity contribution in [1.29, 1.82) is 0 Å². The maximum atomic E-state index is 13.2. The summed E-state index contributed by atoms with van der Waals surface area (Å²) >= 11 is 0. The highest BCUT2D eigenvalue weighted by molar-refractivity contribution is 5.97. The fraction of sp³-hybridized carbons (Fsp3) is 0.161. The lowest BCUT2D eigenvalue weighted by atomic mass is 10.1. The van der Waals surface area contributed by atoms with Crippen molar-refractivity contribution in [2.45, 2.75) is 12.8 Å². The average molecular weight is 527 g/mol. The SMILES string of the molecule is COc1cccc(C(=O)NC(NC(=O)c2cccc(OC)c2)c2ccc(OCc3ccccc3)c(OC)c2)c1. The number of amides is 2. The van der Waals surface area contributed by atoms with Crippen LogP contribution in [0.4, 0.5) is 0 Å². The van der Waals surface area contributed by atoms with Gasteiger partial charge in [-0.3, -0.25) is 9.59 Å². The Kier molecular flexibility index (Phi) is 9.03. The van der Waals surface area contributed by atoms with Crippen molar-refractivity contribution in [3.05, 3.63) is 119 Å². The number of nitrogens with one attached hydrogen (secondary N) is 2. The van der Waals surface area contributed by atoms with Crippen molar-refractivity contribution in [2.75, 3.05) is 21.3 Å². The molecule has 0 aromatic heterocycles. The topological polar surface area (TPSA) is 95.1 Å². The highest BCUT2D eigenvalue weighted by atomic mass is 16.5. The van der Waals surface area contributed by atoms with Gasteiger partial charge < -0.3 is 29.6 Å². The third kappa shape index (κ3) is 7.07. The second-order valence-electron chi connectivity index (χ2n) is 8.53. The summed E-state index contributed by atoms with van der Waals surface area (Å²) in [7, 11) is 4.59. The molecule has 0 saturated carbocycles. The minimum absolute atomic E-state index is 0.360. The molecule has 8 nitrogen and oxygen atoms in total. The highest BCUT2D eigenvalue weighted by Gasteiger charge is 2.21. The Hall–Kier alpha value is -4.98. The van der Waals surface area contributed by atoms with Gasteiger partial charge >= 0.3 is 0 Å². The van der Waals surface area contributed by atoms with Crippen LogP contribution in [0.2, 0.25) is 0 Å². The molecule has 4 aromatic carbocycles. The average Bonchev–Trinajstić information content (AvgIpc) is 3.00. The summed E-state index contributed by atoms with van der Waals surface area (Å²) in [5, 5.41) is 5.81. The van der Waals surface area contributed by atoms with Crippen molar-refractivity contribution >= 4 is 11.8 Å². The molecule has 0 aliphatic rings. The van der Waals surface area contributed by atoms with E-state index < -0.39 is 18.0 Å². The van der Waals surface area contributed by atoms with E-state index in [0.717, 1.165) is 5.56 Å². The van der Waals surface area contributed by atoms with Crippen LogP contribution in [0.1, 0.15) is 38.0 Å². The van der Waals surface area contributed by atoms with Crippen molar-refractivity contribution in [3.8, 4) is 23.0 Å². The minimum atomic E-state index is -0.889. The Bertz CT molecular complexity index is 1360. The molecular formula is C31H30N2O6. The zero-order valence-electron chi connectivity index (χ0n) is 22.0. The smallest absolute Gasteiger partial charge is 0.253 e. The largest absolute Gasteiger partial charge is 0.497 e. The molecule has 0 bridgehead atoms. The first-order chi connectivity index (χ1) is 19.0. The van der Waals surface area contributed by atoms with Crippen LogP contribution >= 0.6 is 0 Å². The van der Waals surface area contributed by atoms with E-state index in [2.05, 4.69) is 10.6 Å². The monoisotopic (exact) mass is 526 g/mol. The first kappa shape index (κ1) is 27.1. The van der Waals surface area contributed by atoms with Gasteiger partial charge in [-0.25, -0.2) is 0 Å². The zero-order chi connectivity index (χ0) is 27.6. The lowest BCUT2D eigenvalue weighted by molar-refractivity contribution is 0.0882. The Morgan fingerprint density at radius 2 is 1.23 bits per heavy atom. The number of carbonyl (C=O) groups excluding carboxylic acids is 2. The van der Waals surface area contributed by atoms with Gasteiger partial charge in [0.2, 0.25) is 0 Å². The first-order valence-electron chi connectivity index (χ1n) is 12.2. The molecule has 0 radical (unpaired) electrons. The predicted molar refractivity (Wildman–Crippen MR) is 147 cm³/mol. The molecule has 8 heteroatoms. The number of hydrogen-bond acceptors (Lipinski definition) is 6. The van der Waals surface area contributed by atoms with Crippen LogP contribution < -0.4 is 29.6 Å². The summed E-state index contributed by atoms with van der Waals surface area (Å²) in [6.07, 6.45) is -0.889. The number of methoxy groups -OCH3 is 3. The lowest BCUT2D eigenvalue weighted by Crippen LogP contribution is -2.41. The van der Waals surface area contributed by atoms with Crippen LogP contribution in [0.15, 0.2) is 97.1 Å². The maximum Gasteiger partial charge on any atom is 0.253 e. The molecule has 39 heavy (non-hydrogen) atoms. The molecule has 0 fully saturated rings. The van der Waals surface area contributed by atoms with Crippen LogP contribution in [-0.4, -0.2) is 33.1 Å². The molecule has 4 rings (SSSR count). The summed E-state index contributed by atoms with van der Waals surface area (Å²) in [6, 6.07) is 28.5. The number of rotatable bonds is 11. The molecule has 0 aliphatic carbocycles. The van der Waals surface area contributed by atoms with E-state index in [4.69, 9.17) is 18.9 Å². The van der Waals surface area contributed by atoms with Crippen molar-refractivity contribution < 1.29 is 28.5 Å². The first-order valence-corrected chi connectivity index (χ1v) is 12.2. The number of hydrogen-bond donors (Lipinski definition) is 2. The Morgan fingerprint density at radius 3 is 1.77 bits per heavy atom. The summed E-state index contributed by atoms with van der Waals surface area (Å²) in [5.74, 6) is 1.28. The van der Waals surface area contributed by atoms with Crippen molar-refractivity contribution in [2.24, 2.45) is 0 Å². The van der Waals surface area contributed by atoms with E-state index in [1.807, 2.05) is 30.3 Å². The van der Waals surface area contributed by atoms with Gasteiger partial charge in [0.15, 0.2) is 11.5 Å². The van der Waals surface area contributed by atoms with Crippen LogP contribution in [0, 0.1) is 0 Å². The van der Waals surface area contributed by atoms with E-state index >= 15 is 0 Å². The molecule has 4 aromatic rings. The third-order valence-corrected chi connectivity index (χ3v) is 5.97. The fourth-order valence-corrected chi connectivity index (χ4v) is 3.88.